The van der Waals surface area contributed by atoms with Gasteiger partial charge in [-0.3, -0.25) is 4.40 Å². The summed E-state index contributed by atoms with van der Waals surface area (Å²) in [5.74, 6) is 0. The Bertz CT molecular complexity index is 940. The highest BCUT2D eigenvalue weighted by Gasteiger charge is 2.15. The van der Waals surface area contributed by atoms with Gasteiger partial charge in [0.25, 0.3) is 0 Å². The molecule has 0 aliphatic heterocycles. The molecule has 4 rings (SSSR count). The minimum absolute atomic E-state index is 0.0526. The van der Waals surface area contributed by atoms with Gasteiger partial charge in [-0.1, -0.05) is 60.7 Å². The Kier molecular flexibility index (Phi) is 3.41. The number of nitrogens with zero attached hydrogens (tertiary/aromatic N) is 2. The molecule has 2 heterocycles. The fraction of sp³-hybridized carbons (Fsp3) is 0.0500. The Hall–Kier alpha value is -2.91. The van der Waals surface area contributed by atoms with Crippen molar-refractivity contribution in [3.8, 4) is 22.5 Å². The van der Waals surface area contributed by atoms with Gasteiger partial charge in [0.15, 0.2) is 0 Å². The van der Waals surface area contributed by atoms with Crippen molar-refractivity contribution in [2.45, 2.75) is 6.61 Å². The summed E-state index contributed by atoms with van der Waals surface area (Å²) >= 11 is 0. The molecule has 0 saturated heterocycles. The summed E-state index contributed by atoms with van der Waals surface area (Å²) < 4.78 is 2.12. The Morgan fingerprint density at radius 1 is 0.783 bits per heavy atom. The maximum atomic E-state index is 9.23. The first kappa shape index (κ1) is 13.7. The van der Waals surface area contributed by atoms with Gasteiger partial charge in [0.2, 0.25) is 0 Å². The van der Waals surface area contributed by atoms with E-state index < -0.39 is 0 Å². The number of rotatable bonds is 3. The summed E-state index contributed by atoms with van der Waals surface area (Å²) in [6.07, 6.45) is 2.04. The SMILES string of the molecule is OCc1ccc(-c2nc3ccccn3c2-c2ccccc2)cc1. The van der Waals surface area contributed by atoms with Gasteiger partial charge in [-0.25, -0.2) is 4.98 Å². The van der Waals surface area contributed by atoms with E-state index in [1.807, 2.05) is 66.9 Å². The average Bonchev–Trinajstić information content (AvgIpc) is 3.02. The van der Waals surface area contributed by atoms with Crippen molar-refractivity contribution in [1.82, 2.24) is 9.38 Å². The van der Waals surface area contributed by atoms with E-state index in [9.17, 15) is 5.11 Å². The molecule has 4 aromatic rings. The van der Waals surface area contributed by atoms with Crippen LogP contribution < -0.4 is 0 Å². The number of hydrogen-bond acceptors (Lipinski definition) is 2. The molecular weight excluding hydrogens is 284 g/mol. The molecule has 0 unspecified atom stereocenters. The van der Waals surface area contributed by atoms with E-state index in [4.69, 9.17) is 4.98 Å². The molecule has 0 fully saturated rings. The first-order valence-corrected chi connectivity index (χ1v) is 7.59. The van der Waals surface area contributed by atoms with Crippen LogP contribution in [0.15, 0.2) is 79.0 Å². The lowest BCUT2D eigenvalue weighted by Crippen LogP contribution is -1.89. The third-order valence-corrected chi connectivity index (χ3v) is 3.99. The molecule has 1 N–H and O–H groups in total. The molecule has 23 heavy (non-hydrogen) atoms. The van der Waals surface area contributed by atoms with Crippen LogP contribution in [-0.2, 0) is 6.61 Å². The lowest BCUT2D eigenvalue weighted by atomic mass is 10.0. The minimum Gasteiger partial charge on any atom is -0.392 e. The molecule has 2 aromatic heterocycles. The molecule has 3 heteroatoms. The van der Waals surface area contributed by atoms with Crippen molar-refractivity contribution < 1.29 is 5.11 Å². The summed E-state index contributed by atoms with van der Waals surface area (Å²) in [6, 6.07) is 24.2. The van der Waals surface area contributed by atoms with Crippen LogP contribution in [0, 0.1) is 0 Å². The maximum absolute atomic E-state index is 9.23. The Morgan fingerprint density at radius 3 is 2.26 bits per heavy atom. The third kappa shape index (κ3) is 2.41. The highest BCUT2D eigenvalue weighted by molar-refractivity contribution is 5.82. The van der Waals surface area contributed by atoms with Crippen LogP contribution in [0.2, 0.25) is 0 Å². The van der Waals surface area contributed by atoms with Crippen molar-refractivity contribution >= 4 is 5.65 Å². The molecule has 0 radical (unpaired) electrons. The summed E-state index contributed by atoms with van der Waals surface area (Å²) in [7, 11) is 0. The first-order chi connectivity index (χ1) is 11.4. The molecule has 0 bridgehead atoms. The van der Waals surface area contributed by atoms with Crippen LogP contribution >= 0.6 is 0 Å². The van der Waals surface area contributed by atoms with E-state index in [1.165, 1.54) is 0 Å². The number of pyridine rings is 1. The Balaban J connectivity index is 1.98. The maximum Gasteiger partial charge on any atom is 0.137 e. The van der Waals surface area contributed by atoms with Crippen molar-refractivity contribution in [2.75, 3.05) is 0 Å². The van der Waals surface area contributed by atoms with Crippen LogP contribution in [-0.4, -0.2) is 14.5 Å². The smallest absolute Gasteiger partial charge is 0.137 e. The quantitative estimate of drug-likeness (QED) is 0.617. The van der Waals surface area contributed by atoms with Crippen LogP contribution in [0.4, 0.5) is 0 Å². The van der Waals surface area contributed by atoms with Gasteiger partial charge >= 0.3 is 0 Å². The van der Waals surface area contributed by atoms with Crippen LogP contribution in [0.25, 0.3) is 28.2 Å². The molecule has 0 spiro atoms. The van der Waals surface area contributed by atoms with E-state index in [-0.39, 0.29) is 6.61 Å². The molecular formula is C20H16N2O. The van der Waals surface area contributed by atoms with E-state index >= 15 is 0 Å². The van der Waals surface area contributed by atoms with Gasteiger partial charge in [-0.05, 0) is 17.7 Å². The highest BCUT2D eigenvalue weighted by Crippen LogP contribution is 2.32. The number of fused-ring (bicyclic) bond motifs is 1. The summed E-state index contributed by atoms with van der Waals surface area (Å²) in [5.41, 5.74) is 6.04. The van der Waals surface area contributed by atoms with Crippen LogP contribution in [0.5, 0.6) is 0 Å². The Labute approximate surface area is 134 Å². The second kappa shape index (κ2) is 5.71. The lowest BCUT2D eigenvalue weighted by molar-refractivity contribution is 0.282. The van der Waals surface area contributed by atoms with Gasteiger partial charge in [-0.2, -0.15) is 0 Å². The molecule has 0 aliphatic carbocycles. The average molecular weight is 300 g/mol. The van der Waals surface area contributed by atoms with Gasteiger partial charge in [0.1, 0.15) is 5.65 Å². The summed E-state index contributed by atoms with van der Waals surface area (Å²) in [6.45, 7) is 0.0526. The molecule has 112 valence electrons. The van der Waals surface area contributed by atoms with Gasteiger partial charge < -0.3 is 5.11 Å². The zero-order valence-electron chi connectivity index (χ0n) is 12.6. The zero-order valence-corrected chi connectivity index (χ0v) is 12.6. The fourth-order valence-electron chi connectivity index (χ4n) is 2.84. The standard InChI is InChI=1S/C20H16N2O/c23-14-15-9-11-16(12-10-15)19-20(17-6-2-1-3-7-17)22-13-5-4-8-18(22)21-19/h1-13,23H,14H2. The monoisotopic (exact) mass is 300 g/mol. The van der Waals surface area contributed by atoms with E-state index in [1.54, 1.807) is 0 Å². The summed E-state index contributed by atoms with van der Waals surface area (Å²) in [5, 5.41) is 9.23. The molecule has 0 saturated carbocycles. The second-order valence-corrected chi connectivity index (χ2v) is 5.46. The summed E-state index contributed by atoms with van der Waals surface area (Å²) in [4.78, 5) is 4.82. The normalized spacial score (nSPS) is 11.0. The van der Waals surface area contributed by atoms with Gasteiger partial charge in [0.05, 0.1) is 18.0 Å². The van der Waals surface area contributed by atoms with E-state index in [2.05, 4.69) is 16.5 Å². The van der Waals surface area contributed by atoms with Crippen molar-refractivity contribution in [2.24, 2.45) is 0 Å². The number of imidazole rings is 1. The molecule has 0 atom stereocenters. The molecule has 3 nitrogen and oxygen atoms in total. The largest absolute Gasteiger partial charge is 0.392 e. The van der Waals surface area contributed by atoms with Gasteiger partial charge in [-0.15, -0.1) is 0 Å². The molecule has 0 aliphatic rings. The first-order valence-electron chi connectivity index (χ1n) is 7.59. The van der Waals surface area contributed by atoms with Crippen molar-refractivity contribution in [3.05, 3.63) is 84.6 Å². The zero-order chi connectivity index (χ0) is 15.6. The van der Waals surface area contributed by atoms with Crippen LogP contribution in [0.3, 0.4) is 0 Å². The van der Waals surface area contributed by atoms with Gasteiger partial charge in [0, 0.05) is 17.3 Å². The highest BCUT2D eigenvalue weighted by atomic mass is 16.3. The number of aliphatic hydroxyl groups excluding tert-OH is 1. The third-order valence-electron chi connectivity index (χ3n) is 3.99. The van der Waals surface area contributed by atoms with E-state index in [0.717, 1.165) is 33.7 Å². The number of hydrogen-bond donors (Lipinski definition) is 1. The van der Waals surface area contributed by atoms with Crippen molar-refractivity contribution in [1.29, 1.82) is 0 Å². The minimum atomic E-state index is 0.0526. The molecule has 2 aromatic carbocycles. The number of aliphatic hydroxyl groups is 1. The predicted molar refractivity (Wildman–Crippen MR) is 92.0 cm³/mol. The van der Waals surface area contributed by atoms with Crippen molar-refractivity contribution in [3.63, 3.8) is 0 Å². The topological polar surface area (TPSA) is 37.5 Å². The van der Waals surface area contributed by atoms with E-state index in [0.29, 0.717) is 0 Å². The number of aromatic nitrogens is 2. The Morgan fingerprint density at radius 2 is 1.52 bits per heavy atom. The second-order valence-electron chi connectivity index (χ2n) is 5.46. The predicted octanol–water partition coefficient (Wildman–Crippen LogP) is 4.16. The number of benzene rings is 2. The molecule has 0 amide bonds. The fourth-order valence-corrected chi connectivity index (χ4v) is 2.84. The van der Waals surface area contributed by atoms with Crippen LogP contribution in [0.1, 0.15) is 5.56 Å². The lowest BCUT2D eigenvalue weighted by Gasteiger charge is -2.06.